The van der Waals surface area contributed by atoms with Crippen molar-refractivity contribution in [2.24, 2.45) is 0 Å². The smallest absolute Gasteiger partial charge is 0.334 e. The largest absolute Gasteiger partial charge is 0.501 e. The summed E-state index contributed by atoms with van der Waals surface area (Å²) < 4.78 is 6.55. The van der Waals surface area contributed by atoms with E-state index in [1.54, 1.807) is 6.20 Å². The van der Waals surface area contributed by atoms with Gasteiger partial charge in [0.2, 0.25) is 5.69 Å². The number of benzene rings is 6. The predicted molar refractivity (Wildman–Crippen MR) is 189 cm³/mol. The minimum atomic E-state index is 0. The minimum absolute atomic E-state index is 0. The van der Waals surface area contributed by atoms with Gasteiger partial charge in [-0.05, 0) is 45.4 Å². The molecule has 2 aromatic heterocycles. The summed E-state index contributed by atoms with van der Waals surface area (Å²) in [5.41, 5.74) is 9.72. The van der Waals surface area contributed by atoms with E-state index in [2.05, 4.69) is 152 Å². The molecule has 3 heterocycles. The molecule has 47 heavy (non-hydrogen) atoms. The van der Waals surface area contributed by atoms with E-state index in [1.165, 1.54) is 16.3 Å². The Morgan fingerprint density at radius 1 is 0.574 bits per heavy atom. The summed E-state index contributed by atoms with van der Waals surface area (Å²) in [7, 11) is 0. The van der Waals surface area contributed by atoms with Crippen LogP contribution in [0.3, 0.4) is 0 Å². The van der Waals surface area contributed by atoms with Crippen LogP contribution >= 0.6 is 0 Å². The van der Waals surface area contributed by atoms with Gasteiger partial charge < -0.3 is 9.55 Å². The molecule has 0 N–H and O–H groups in total. The van der Waals surface area contributed by atoms with Crippen molar-refractivity contribution in [3.8, 4) is 16.9 Å². The summed E-state index contributed by atoms with van der Waals surface area (Å²) in [5, 5.41) is 2.42. The van der Waals surface area contributed by atoms with Crippen molar-refractivity contribution in [3.05, 3.63) is 182 Å². The molecule has 8 aromatic rings. The van der Waals surface area contributed by atoms with Gasteiger partial charge in [-0.25, -0.2) is 0 Å². The average Bonchev–Trinajstić information content (AvgIpc) is 3.69. The molecule has 225 valence electrons. The first kappa shape index (κ1) is 30.0. The molecule has 1 aliphatic heterocycles. The second-order valence-corrected chi connectivity index (χ2v) is 10.9. The molecular formula is C42H28IrN4. The van der Waals surface area contributed by atoms with Crippen LogP contribution in [0.5, 0.6) is 0 Å². The molecule has 1 aliphatic rings. The van der Waals surface area contributed by atoms with E-state index in [9.17, 15) is 0 Å². The van der Waals surface area contributed by atoms with Crippen LogP contribution in [0.1, 0.15) is 0 Å². The summed E-state index contributed by atoms with van der Waals surface area (Å²) in [6.45, 7) is 0. The van der Waals surface area contributed by atoms with E-state index in [0.29, 0.717) is 0 Å². The molecule has 5 heteroatoms. The molecule has 0 saturated heterocycles. The van der Waals surface area contributed by atoms with Crippen LogP contribution in [-0.4, -0.2) is 15.6 Å². The van der Waals surface area contributed by atoms with Crippen molar-refractivity contribution in [2.75, 3.05) is 0 Å². The first-order chi connectivity index (χ1) is 22.8. The Morgan fingerprint density at radius 2 is 1.26 bits per heavy atom. The number of hydrogen-bond acceptors (Lipinski definition) is 1. The normalized spacial score (nSPS) is 11.6. The summed E-state index contributed by atoms with van der Waals surface area (Å²) >= 11 is 0. The maximum absolute atomic E-state index is 4.22. The summed E-state index contributed by atoms with van der Waals surface area (Å²) in [6, 6.07) is 66.1. The molecule has 0 aliphatic carbocycles. The number of rotatable bonds is 4. The second kappa shape index (κ2) is 13.3. The van der Waals surface area contributed by atoms with E-state index >= 15 is 0 Å². The van der Waals surface area contributed by atoms with Gasteiger partial charge >= 0.3 is 6.01 Å². The molecular weight excluding hydrogens is 753 g/mol. The predicted octanol–water partition coefficient (Wildman–Crippen LogP) is 9.99. The van der Waals surface area contributed by atoms with Gasteiger partial charge in [0.15, 0.2) is 0 Å². The van der Waals surface area contributed by atoms with Crippen LogP contribution in [-0.2, 0) is 20.1 Å². The fourth-order valence-electron chi connectivity index (χ4n) is 5.96. The van der Waals surface area contributed by atoms with Crippen molar-refractivity contribution >= 4 is 50.6 Å². The summed E-state index contributed by atoms with van der Waals surface area (Å²) in [5.74, 6) is 0. The van der Waals surface area contributed by atoms with Gasteiger partial charge in [-0.15, -0.1) is 47.3 Å². The van der Waals surface area contributed by atoms with Crippen molar-refractivity contribution in [2.45, 2.75) is 0 Å². The van der Waals surface area contributed by atoms with Gasteiger partial charge in [-0.2, -0.15) is 6.07 Å². The van der Waals surface area contributed by atoms with Crippen molar-refractivity contribution in [1.29, 1.82) is 0 Å². The Hall–Kier alpha value is -5.70. The van der Waals surface area contributed by atoms with Crippen LogP contribution in [0.25, 0.3) is 38.8 Å². The third kappa shape index (κ3) is 5.76. The number of para-hydroxylation sites is 5. The van der Waals surface area contributed by atoms with E-state index in [1.807, 2.05) is 48.5 Å². The maximum atomic E-state index is 4.22. The topological polar surface area (TPSA) is 23.8 Å². The van der Waals surface area contributed by atoms with Crippen LogP contribution in [0.2, 0.25) is 0 Å². The monoisotopic (exact) mass is 781 g/mol. The quantitative estimate of drug-likeness (QED) is 0.129. The summed E-state index contributed by atoms with van der Waals surface area (Å²) in [4.78, 5) is 4.22. The molecule has 4 nitrogen and oxygen atoms in total. The number of hydrogen-bond donors (Lipinski definition) is 0. The fraction of sp³-hybridized carbons (Fsp3) is 0. The zero-order chi connectivity index (χ0) is 30.7. The molecule has 9 rings (SSSR count). The molecule has 0 unspecified atom stereocenters. The third-order valence-corrected chi connectivity index (χ3v) is 8.07. The first-order valence-corrected chi connectivity index (χ1v) is 15.2. The SMILES string of the molecule is C1=[N+](c2[c-]cc3c4ccccc4n(-c4ccccc4)c3c2)c2ccccc2[N+]=1c1ccccc1.[Ir].[c-]1ccccc1-c1ccccn1. The number of pyridine rings is 1. The first-order valence-electron chi connectivity index (χ1n) is 15.2. The molecule has 0 spiro atoms. The number of nitrogens with zero attached hydrogens (tertiary/aromatic N) is 4. The molecule has 0 bridgehead atoms. The fourth-order valence-corrected chi connectivity index (χ4v) is 5.96. The molecule has 0 saturated carbocycles. The van der Waals surface area contributed by atoms with E-state index in [-0.39, 0.29) is 20.1 Å². The van der Waals surface area contributed by atoms with E-state index in [0.717, 1.165) is 45.2 Å². The zero-order valence-corrected chi connectivity index (χ0v) is 27.7. The van der Waals surface area contributed by atoms with Gasteiger partial charge in [0.1, 0.15) is 5.69 Å². The number of aromatic nitrogens is 2. The van der Waals surface area contributed by atoms with Gasteiger partial charge in [0.05, 0.1) is 0 Å². The molecule has 0 fully saturated rings. The Morgan fingerprint density at radius 3 is 2.00 bits per heavy atom. The minimum Gasteiger partial charge on any atom is -0.334 e. The van der Waals surface area contributed by atoms with Crippen LogP contribution < -0.4 is 9.15 Å². The van der Waals surface area contributed by atoms with Gasteiger partial charge in [-0.1, -0.05) is 89.5 Å². The third-order valence-electron chi connectivity index (χ3n) is 8.07. The second-order valence-electron chi connectivity index (χ2n) is 10.9. The molecule has 0 atom stereocenters. The molecule has 6 aromatic carbocycles. The van der Waals surface area contributed by atoms with Gasteiger partial charge in [0, 0.05) is 61.8 Å². The van der Waals surface area contributed by atoms with Crippen LogP contribution in [0.15, 0.2) is 170 Å². The average molecular weight is 781 g/mol. The zero-order valence-electron chi connectivity index (χ0n) is 25.3. The standard InChI is InChI=1S/C31H20N3.C11H8N.Ir/c1-3-11-23(12-4-1)32-22-33(30-18-10-9-17-29(30)32)25-19-20-27-26-15-7-8-16-28(26)34(31(27)21-25)24-13-5-2-6-14-24;1-2-6-10(7-3-1)11-8-4-5-9-12-11;/h1-18,20-21H;1-6,8-9H;/q+1;-1;. The summed E-state index contributed by atoms with van der Waals surface area (Å²) in [6.07, 6.45) is 1.79. The van der Waals surface area contributed by atoms with Crippen molar-refractivity contribution in [3.63, 3.8) is 0 Å². The Kier molecular flexibility index (Phi) is 8.51. The molecule has 0 amide bonds. The van der Waals surface area contributed by atoms with Gasteiger partial charge in [-0.3, -0.25) is 0 Å². The van der Waals surface area contributed by atoms with E-state index in [4.69, 9.17) is 0 Å². The van der Waals surface area contributed by atoms with Crippen LogP contribution in [0.4, 0.5) is 22.7 Å². The van der Waals surface area contributed by atoms with E-state index < -0.39 is 0 Å². The maximum Gasteiger partial charge on any atom is 0.501 e. The molecule has 1 radical (unpaired) electrons. The number of fused-ring (bicyclic) bond motifs is 4. The van der Waals surface area contributed by atoms with Gasteiger partial charge in [0.25, 0.3) is 11.4 Å². The van der Waals surface area contributed by atoms with Crippen LogP contribution in [0, 0.1) is 12.1 Å². The van der Waals surface area contributed by atoms with Crippen molar-refractivity contribution < 1.29 is 20.1 Å². The Balaban J connectivity index is 0.000000228. The Labute approximate surface area is 287 Å². The van der Waals surface area contributed by atoms with Crippen molar-refractivity contribution in [1.82, 2.24) is 18.7 Å². The Bertz CT molecular complexity index is 2340.